The lowest BCUT2D eigenvalue weighted by molar-refractivity contribution is 0.0488. The average molecular weight is 604 g/mol. The number of ether oxygens (including phenoxy) is 1. The Hall–Kier alpha value is -4.74. The van der Waals surface area contributed by atoms with Crippen molar-refractivity contribution in [1.29, 1.82) is 0 Å². The molecule has 0 radical (unpaired) electrons. The fourth-order valence-corrected chi connectivity index (χ4v) is 3.96. The second-order valence-electron chi connectivity index (χ2n) is 10.3. The van der Waals surface area contributed by atoms with Gasteiger partial charge in [0.25, 0.3) is 0 Å². The van der Waals surface area contributed by atoms with Crippen LogP contribution >= 0.6 is 0 Å². The molecular formula is C31H30F5N3O4. The summed E-state index contributed by atoms with van der Waals surface area (Å²) in [4.78, 5) is 32.0. The number of halogens is 5. The maximum absolute atomic E-state index is 14.4. The van der Waals surface area contributed by atoms with Gasteiger partial charge in [-0.3, -0.25) is 0 Å². The Kier molecular flexibility index (Phi) is 11.0. The first kappa shape index (κ1) is 32.8. The molecule has 0 saturated heterocycles. The highest BCUT2D eigenvalue weighted by Gasteiger charge is 2.32. The molecule has 12 heteroatoms. The molecule has 7 nitrogen and oxygen atoms in total. The van der Waals surface area contributed by atoms with Crippen molar-refractivity contribution in [2.45, 2.75) is 45.4 Å². The van der Waals surface area contributed by atoms with Gasteiger partial charge in [0, 0.05) is 19.5 Å². The molecule has 0 heterocycles. The van der Waals surface area contributed by atoms with Crippen LogP contribution in [0.5, 0.6) is 0 Å². The molecule has 0 bridgehead atoms. The highest BCUT2D eigenvalue weighted by atomic mass is 19.2. The summed E-state index contributed by atoms with van der Waals surface area (Å²) in [5.41, 5.74) is -1.24. The maximum atomic E-state index is 14.4. The molecule has 0 unspecified atom stereocenters. The van der Waals surface area contributed by atoms with Gasteiger partial charge >= 0.3 is 12.1 Å². The molecule has 0 aromatic heterocycles. The number of alkyl carbamates (subject to hydrolysis) is 1. The van der Waals surface area contributed by atoms with Crippen LogP contribution in [0.1, 0.15) is 42.3 Å². The van der Waals surface area contributed by atoms with Crippen LogP contribution in [0.15, 0.2) is 78.5 Å². The van der Waals surface area contributed by atoms with E-state index in [1.54, 1.807) is 86.3 Å². The van der Waals surface area contributed by atoms with Crippen molar-refractivity contribution in [3.05, 3.63) is 119 Å². The molecule has 3 aromatic carbocycles. The van der Waals surface area contributed by atoms with Gasteiger partial charge in [-0.2, -0.15) is 0 Å². The number of oxime groups is 1. The van der Waals surface area contributed by atoms with Gasteiger partial charge in [0.15, 0.2) is 29.1 Å². The summed E-state index contributed by atoms with van der Waals surface area (Å²) in [5, 5.41) is 6.51. The van der Waals surface area contributed by atoms with Gasteiger partial charge in [0.05, 0.1) is 6.04 Å². The number of hydrogen-bond acceptors (Lipinski definition) is 5. The molecule has 0 aliphatic rings. The number of amides is 1. The fourth-order valence-electron chi connectivity index (χ4n) is 3.96. The molecule has 0 saturated carbocycles. The van der Waals surface area contributed by atoms with E-state index < -0.39 is 58.4 Å². The summed E-state index contributed by atoms with van der Waals surface area (Å²) < 4.78 is 75.3. The van der Waals surface area contributed by atoms with E-state index in [0.29, 0.717) is 5.56 Å². The lowest BCUT2D eigenvalue weighted by Gasteiger charge is -2.31. The number of benzene rings is 3. The Morgan fingerprint density at radius 2 is 1.40 bits per heavy atom. The van der Waals surface area contributed by atoms with Crippen LogP contribution in [0.4, 0.5) is 26.7 Å². The zero-order valence-electron chi connectivity index (χ0n) is 23.7. The van der Waals surface area contributed by atoms with Gasteiger partial charge < -0.3 is 19.8 Å². The van der Waals surface area contributed by atoms with Gasteiger partial charge in [-0.05, 0) is 31.9 Å². The monoisotopic (exact) mass is 603 g/mol. The number of carbonyl (C=O) groups excluding carboxylic acids is 2. The summed E-state index contributed by atoms with van der Waals surface area (Å²) in [7, 11) is 0. The first-order valence-corrected chi connectivity index (χ1v) is 13.1. The predicted octanol–water partition coefficient (Wildman–Crippen LogP) is 6.68. The van der Waals surface area contributed by atoms with E-state index in [1.165, 1.54) is 6.08 Å². The molecule has 0 aliphatic heterocycles. The van der Waals surface area contributed by atoms with Crippen LogP contribution < -0.4 is 5.32 Å². The standard InChI is InChI=1S/C31H30F5N3O4/c1-5-16-39(18-20-14-10-7-11-15-20)28(38-43-29(40)22-23(32)25(34)27(36)26(35)24(22)33)21(17-19-12-8-6-9-13-19)37-30(41)42-31(2,3)4/h5-15,21H,1,16-18H2,2-4H3,(H,37,41)/b38-28+/t21-/m0/s1. The van der Waals surface area contributed by atoms with Crippen LogP contribution in [0.25, 0.3) is 0 Å². The van der Waals surface area contributed by atoms with Crippen LogP contribution in [-0.4, -0.2) is 41.0 Å². The van der Waals surface area contributed by atoms with E-state index in [-0.39, 0.29) is 25.3 Å². The first-order chi connectivity index (χ1) is 20.3. The lowest BCUT2D eigenvalue weighted by Crippen LogP contribution is -2.51. The molecular weight excluding hydrogens is 573 g/mol. The second-order valence-corrected chi connectivity index (χ2v) is 10.3. The topological polar surface area (TPSA) is 80.2 Å². The Morgan fingerprint density at radius 3 is 1.91 bits per heavy atom. The highest BCUT2D eigenvalue weighted by Crippen LogP contribution is 2.24. The number of carbonyl (C=O) groups is 2. The Balaban J connectivity index is 2.12. The van der Waals surface area contributed by atoms with Crippen molar-refractivity contribution in [2.24, 2.45) is 5.16 Å². The predicted molar refractivity (Wildman–Crippen MR) is 149 cm³/mol. The van der Waals surface area contributed by atoms with E-state index in [2.05, 4.69) is 17.1 Å². The van der Waals surface area contributed by atoms with Crippen LogP contribution in [-0.2, 0) is 22.5 Å². The van der Waals surface area contributed by atoms with Crippen molar-refractivity contribution in [2.75, 3.05) is 6.54 Å². The summed E-state index contributed by atoms with van der Waals surface area (Å²) in [5.74, 6) is -13.9. The minimum Gasteiger partial charge on any atom is -0.444 e. The van der Waals surface area contributed by atoms with Crippen molar-refractivity contribution < 1.29 is 41.1 Å². The minimum atomic E-state index is -2.43. The minimum absolute atomic E-state index is 0.0709. The molecule has 3 rings (SSSR count). The zero-order valence-corrected chi connectivity index (χ0v) is 23.7. The number of nitrogens with one attached hydrogen (secondary N) is 1. The number of amidine groups is 1. The van der Waals surface area contributed by atoms with E-state index >= 15 is 0 Å². The zero-order chi connectivity index (χ0) is 31.7. The van der Waals surface area contributed by atoms with Crippen LogP contribution in [0.3, 0.4) is 0 Å². The molecule has 1 atom stereocenters. The second kappa shape index (κ2) is 14.4. The molecule has 0 fully saturated rings. The van der Waals surface area contributed by atoms with Crippen molar-refractivity contribution >= 4 is 17.9 Å². The van der Waals surface area contributed by atoms with E-state index in [4.69, 9.17) is 9.57 Å². The largest absolute Gasteiger partial charge is 0.444 e. The normalized spacial score (nSPS) is 12.3. The number of hydrogen-bond donors (Lipinski definition) is 1. The van der Waals surface area contributed by atoms with Gasteiger partial charge in [-0.1, -0.05) is 71.9 Å². The smallest absolute Gasteiger partial charge is 0.408 e. The molecule has 228 valence electrons. The molecule has 0 spiro atoms. The lowest BCUT2D eigenvalue weighted by atomic mass is 10.0. The van der Waals surface area contributed by atoms with E-state index in [9.17, 15) is 31.5 Å². The molecule has 1 amide bonds. The van der Waals surface area contributed by atoms with Gasteiger partial charge in [-0.25, -0.2) is 31.5 Å². The fraction of sp³-hybridized carbons (Fsp3) is 0.258. The van der Waals surface area contributed by atoms with E-state index in [0.717, 1.165) is 5.56 Å². The van der Waals surface area contributed by atoms with Gasteiger partial charge in [0.2, 0.25) is 5.82 Å². The average Bonchev–Trinajstić information content (AvgIpc) is 2.95. The maximum Gasteiger partial charge on any atom is 0.408 e. The molecule has 43 heavy (non-hydrogen) atoms. The molecule has 0 aliphatic carbocycles. The Labute approximate surface area is 245 Å². The molecule has 3 aromatic rings. The van der Waals surface area contributed by atoms with E-state index in [1.807, 2.05) is 0 Å². The third-order valence-corrected chi connectivity index (χ3v) is 5.81. The Morgan fingerprint density at radius 1 is 0.884 bits per heavy atom. The highest BCUT2D eigenvalue weighted by molar-refractivity contribution is 5.93. The SMILES string of the molecule is C=CCN(Cc1ccccc1)/C(=N/OC(=O)c1c(F)c(F)c(F)c(F)c1F)[C@H](Cc1ccccc1)NC(=O)OC(C)(C)C. The number of rotatable bonds is 10. The van der Waals surface area contributed by atoms with Crippen molar-refractivity contribution in [1.82, 2.24) is 10.2 Å². The summed E-state index contributed by atoms with van der Waals surface area (Å²) in [6.07, 6.45) is 0.712. The quantitative estimate of drug-likeness (QED) is 0.0409. The van der Waals surface area contributed by atoms with Crippen LogP contribution in [0.2, 0.25) is 0 Å². The number of nitrogens with zero attached hydrogens (tertiary/aromatic N) is 2. The summed E-state index contributed by atoms with van der Waals surface area (Å²) >= 11 is 0. The van der Waals surface area contributed by atoms with Gasteiger partial charge in [0.1, 0.15) is 11.2 Å². The third-order valence-electron chi connectivity index (χ3n) is 5.81. The summed E-state index contributed by atoms with van der Waals surface area (Å²) in [6, 6.07) is 16.7. The van der Waals surface area contributed by atoms with Crippen molar-refractivity contribution in [3.63, 3.8) is 0 Å². The summed E-state index contributed by atoms with van der Waals surface area (Å²) in [6.45, 7) is 8.90. The third kappa shape index (κ3) is 8.87. The van der Waals surface area contributed by atoms with Crippen molar-refractivity contribution in [3.8, 4) is 0 Å². The van der Waals surface area contributed by atoms with Gasteiger partial charge in [-0.15, -0.1) is 6.58 Å². The van der Waals surface area contributed by atoms with Crippen LogP contribution in [0, 0.1) is 29.1 Å². The first-order valence-electron chi connectivity index (χ1n) is 13.1. The Bertz CT molecular complexity index is 1450. The molecule has 1 N–H and O–H groups in total.